The van der Waals surface area contributed by atoms with Crippen LogP contribution in [0, 0.1) is 5.92 Å². The number of hydrogen-bond acceptors (Lipinski definition) is 6. The number of aliphatic imine (C=N–C) groups is 1. The molecule has 1 aromatic heterocycles. The second kappa shape index (κ2) is 11.6. The molecule has 0 radical (unpaired) electrons. The third kappa shape index (κ3) is 6.90. The minimum absolute atomic E-state index is 0. The zero-order chi connectivity index (χ0) is 18.2. The smallest absolute Gasteiger partial charge is 0.308 e. The van der Waals surface area contributed by atoms with E-state index in [1.165, 1.54) is 0 Å². The molecule has 1 heterocycles. The van der Waals surface area contributed by atoms with Gasteiger partial charge in [0.2, 0.25) is 0 Å². The number of ether oxygens (including phenoxy) is 1. The van der Waals surface area contributed by atoms with Gasteiger partial charge in [-0.2, -0.15) is 0 Å². The lowest BCUT2D eigenvalue weighted by atomic mass is 9.86. The third-order valence-electron chi connectivity index (χ3n) is 4.27. The van der Waals surface area contributed by atoms with Crippen molar-refractivity contribution in [1.82, 2.24) is 15.6 Å². The Morgan fingerprint density at radius 2 is 2.08 bits per heavy atom. The topological polar surface area (TPSA) is 78.8 Å². The van der Waals surface area contributed by atoms with Crippen LogP contribution in [0.2, 0.25) is 0 Å². The summed E-state index contributed by atoms with van der Waals surface area (Å²) >= 11 is 1.63. The fourth-order valence-electron chi connectivity index (χ4n) is 2.88. The molecule has 0 amide bonds. The van der Waals surface area contributed by atoms with E-state index >= 15 is 0 Å². The summed E-state index contributed by atoms with van der Waals surface area (Å²) in [5.74, 6) is 0.773. The molecule has 0 aromatic carbocycles. The standard InChI is InChI=1S/C17H29N5O2S.HI/c1-5-24-15(23)12-6-8-13(9-7-12)20-16(18-2)19-10-14-11-25-17(21-14)22(3)4;/h11-13H,5-10H2,1-4H3,(H2,18,19,20);1H. The van der Waals surface area contributed by atoms with E-state index in [4.69, 9.17) is 4.74 Å². The number of thiazole rings is 1. The van der Waals surface area contributed by atoms with Crippen LogP contribution in [0.1, 0.15) is 38.3 Å². The number of guanidine groups is 1. The van der Waals surface area contributed by atoms with Crippen LogP contribution >= 0.6 is 35.3 Å². The van der Waals surface area contributed by atoms with Crippen LogP contribution < -0.4 is 15.5 Å². The van der Waals surface area contributed by atoms with Crippen LogP contribution in [-0.2, 0) is 16.1 Å². The number of carbonyl (C=O) groups excluding carboxylic acids is 1. The van der Waals surface area contributed by atoms with Gasteiger partial charge in [-0.15, -0.1) is 35.3 Å². The van der Waals surface area contributed by atoms with E-state index in [2.05, 4.69) is 26.0 Å². The van der Waals surface area contributed by atoms with Crippen LogP contribution in [0.4, 0.5) is 5.13 Å². The predicted octanol–water partition coefficient (Wildman–Crippen LogP) is 2.61. The molecule has 1 saturated carbocycles. The number of hydrogen-bond donors (Lipinski definition) is 2. The highest BCUT2D eigenvalue weighted by atomic mass is 127. The predicted molar refractivity (Wildman–Crippen MR) is 118 cm³/mol. The first kappa shape index (κ1) is 22.9. The normalized spacial score (nSPS) is 20.1. The van der Waals surface area contributed by atoms with Gasteiger partial charge in [-0.05, 0) is 32.6 Å². The molecule has 1 aliphatic carbocycles. The highest BCUT2D eigenvalue weighted by Crippen LogP contribution is 2.25. The summed E-state index contributed by atoms with van der Waals surface area (Å²) in [5, 5.41) is 9.81. The quantitative estimate of drug-likeness (QED) is 0.274. The number of nitrogens with one attached hydrogen (secondary N) is 2. The van der Waals surface area contributed by atoms with Crippen LogP contribution in [0.15, 0.2) is 10.4 Å². The molecule has 0 saturated heterocycles. The zero-order valence-corrected chi connectivity index (χ0v) is 19.1. The molecule has 0 aliphatic heterocycles. The monoisotopic (exact) mass is 495 g/mol. The van der Waals surface area contributed by atoms with Crippen LogP contribution in [0.5, 0.6) is 0 Å². The lowest BCUT2D eigenvalue weighted by Gasteiger charge is -2.29. The van der Waals surface area contributed by atoms with Gasteiger partial charge < -0.3 is 20.3 Å². The van der Waals surface area contributed by atoms with Crippen LogP contribution in [0.3, 0.4) is 0 Å². The maximum absolute atomic E-state index is 11.8. The molecule has 2 N–H and O–H groups in total. The van der Waals surface area contributed by atoms with Crippen molar-refractivity contribution in [3.8, 4) is 0 Å². The molecular weight excluding hydrogens is 465 g/mol. The first-order chi connectivity index (χ1) is 12.0. The molecule has 2 rings (SSSR count). The van der Waals surface area contributed by atoms with Crippen molar-refractivity contribution < 1.29 is 9.53 Å². The second-order valence-electron chi connectivity index (χ2n) is 6.39. The molecule has 1 aliphatic rings. The Balaban J connectivity index is 0.00000338. The van der Waals surface area contributed by atoms with Gasteiger partial charge in [0, 0.05) is 32.6 Å². The summed E-state index contributed by atoms with van der Waals surface area (Å²) in [5.41, 5.74) is 1.00. The van der Waals surface area contributed by atoms with Gasteiger partial charge in [0.25, 0.3) is 0 Å². The molecule has 0 unspecified atom stereocenters. The molecule has 26 heavy (non-hydrogen) atoms. The second-order valence-corrected chi connectivity index (χ2v) is 7.22. The summed E-state index contributed by atoms with van der Waals surface area (Å²) in [4.78, 5) is 22.7. The zero-order valence-electron chi connectivity index (χ0n) is 15.9. The highest BCUT2D eigenvalue weighted by Gasteiger charge is 2.27. The summed E-state index contributed by atoms with van der Waals surface area (Å²) in [6.07, 6.45) is 3.63. The van der Waals surface area contributed by atoms with Crippen molar-refractivity contribution in [2.24, 2.45) is 10.9 Å². The third-order valence-corrected chi connectivity index (χ3v) is 5.33. The van der Waals surface area contributed by atoms with E-state index < -0.39 is 0 Å². The minimum Gasteiger partial charge on any atom is -0.466 e. The van der Waals surface area contributed by atoms with Gasteiger partial charge in [-0.1, -0.05) is 0 Å². The lowest BCUT2D eigenvalue weighted by Crippen LogP contribution is -2.45. The highest BCUT2D eigenvalue weighted by molar-refractivity contribution is 14.0. The maximum atomic E-state index is 11.8. The number of rotatable bonds is 6. The number of carbonyl (C=O) groups is 1. The average Bonchev–Trinajstić information content (AvgIpc) is 3.08. The summed E-state index contributed by atoms with van der Waals surface area (Å²) < 4.78 is 5.12. The molecule has 0 bridgehead atoms. The van der Waals surface area contributed by atoms with Gasteiger partial charge in [0.05, 0.1) is 24.8 Å². The maximum Gasteiger partial charge on any atom is 0.308 e. The first-order valence-corrected chi connectivity index (χ1v) is 9.67. The molecule has 0 spiro atoms. The van der Waals surface area contributed by atoms with Crippen molar-refractivity contribution in [3.05, 3.63) is 11.1 Å². The number of aromatic nitrogens is 1. The van der Waals surface area contributed by atoms with E-state index in [0.717, 1.165) is 42.5 Å². The average molecular weight is 495 g/mol. The molecule has 9 heteroatoms. The molecule has 0 atom stereocenters. The van der Waals surface area contributed by atoms with E-state index in [1.54, 1.807) is 18.4 Å². The van der Waals surface area contributed by atoms with Gasteiger partial charge in [-0.3, -0.25) is 9.79 Å². The fourth-order valence-corrected chi connectivity index (χ4v) is 3.64. The minimum atomic E-state index is -0.0521. The molecular formula is C17H30IN5O2S. The summed E-state index contributed by atoms with van der Waals surface area (Å²) in [6, 6.07) is 0.338. The molecule has 148 valence electrons. The first-order valence-electron chi connectivity index (χ1n) is 8.79. The van der Waals surface area contributed by atoms with Crippen molar-refractivity contribution in [1.29, 1.82) is 0 Å². The number of anilines is 1. The van der Waals surface area contributed by atoms with Gasteiger partial charge in [0.15, 0.2) is 11.1 Å². The summed E-state index contributed by atoms with van der Waals surface area (Å²) in [6.45, 7) is 2.95. The molecule has 1 fully saturated rings. The van der Waals surface area contributed by atoms with Crippen molar-refractivity contribution in [2.75, 3.05) is 32.6 Å². The Morgan fingerprint density at radius 1 is 1.38 bits per heavy atom. The number of nitrogens with zero attached hydrogens (tertiary/aromatic N) is 3. The SMILES string of the molecule is CCOC(=O)C1CCC(NC(=NC)NCc2csc(N(C)C)n2)CC1.I. The Bertz CT molecular complexity index is 585. The van der Waals surface area contributed by atoms with E-state index in [1.807, 2.05) is 25.9 Å². The van der Waals surface area contributed by atoms with Gasteiger partial charge in [-0.25, -0.2) is 4.98 Å². The van der Waals surface area contributed by atoms with Crippen LogP contribution in [0.25, 0.3) is 0 Å². The Kier molecular flexibility index (Phi) is 10.2. The largest absolute Gasteiger partial charge is 0.466 e. The lowest BCUT2D eigenvalue weighted by molar-refractivity contribution is -0.149. The number of halogens is 1. The van der Waals surface area contributed by atoms with E-state index in [9.17, 15) is 4.79 Å². The Hall–Kier alpha value is -1.10. The Labute approximate surface area is 177 Å². The summed E-state index contributed by atoms with van der Waals surface area (Å²) in [7, 11) is 5.75. The molecule has 1 aromatic rings. The van der Waals surface area contributed by atoms with Crippen molar-refractivity contribution in [3.63, 3.8) is 0 Å². The van der Waals surface area contributed by atoms with Gasteiger partial charge in [0.1, 0.15) is 0 Å². The van der Waals surface area contributed by atoms with Crippen molar-refractivity contribution in [2.45, 2.75) is 45.2 Å². The number of esters is 1. The Morgan fingerprint density at radius 3 is 2.62 bits per heavy atom. The van der Waals surface area contributed by atoms with E-state index in [0.29, 0.717) is 19.2 Å². The van der Waals surface area contributed by atoms with E-state index in [-0.39, 0.29) is 35.9 Å². The van der Waals surface area contributed by atoms with Gasteiger partial charge >= 0.3 is 5.97 Å². The molecule has 7 nitrogen and oxygen atoms in total. The van der Waals surface area contributed by atoms with Crippen LogP contribution in [-0.4, -0.2) is 50.7 Å². The van der Waals surface area contributed by atoms with Crippen molar-refractivity contribution >= 4 is 52.4 Å². The fraction of sp³-hybridized carbons (Fsp3) is 0.706.